The molecule has 33 heavy (non-hydrogen) atoms. The summed E-state index contributed by atoms with van der Waals surface area (Å²) in [7, 11) is 1.71. The van der Waals surface area contributed by atoms with Crippen molar-refractivity contribution in [3.63, 3.8) is 0 Å². The van der Waals surface area contributed by atoms with Gasteiger partial charge in [-0.15, -0.1) is 0 Å². The van der Waals surface area contributed by atoms with E-state index >= 15 is 0 Å². The molecule has 0 saturated carbocycles. The molecule has 0 radical (unpaired) electrons. The van der Waals surface area contributed by atoms with Gasteiger partial charge in [0, 0.05) is 26.2 Å². The summed E-state index contributed by atoms with van der Waals surface area (Å²) < 4.78 is 7.15. The Labute approximate surface area is 192 Å². The quantitative estimate of drug-likeness (QED) is 0.398. The Bertz CT molecular complexity index is 1070. The van der Waals surface area contributed by atoms with Crippen molar-refractivity contribution in [1.82, 2.24) is 24.6 Å². The summed E-state index contributed by atoms with van der Waals surface area (Å²) in [5, 5.41) is 9.87. The number of nitrogens with two attached hydrogens (primary N) is 1. The molecule has 0 aliphatic carbocycles. The molecular weight excluding hydrogens is 424 g/mol. The van der Waals surface area contributed by atoms with E-state index in [1.165, 1.54) is 23.3 Å². The van der Waals surface area contributed by atoms with Gasteiger partial charge in [-0.3, -0.25) is 19.3 Å². The lowest BCUT2D eigenvalue weighted by molar-refractivity contribution is -0.131. The Kier molecular flexibility index (Phi) is 8.17. The lowest BCUT2D eigenvalue weighted by atomic mass is 10.2. The largest absolute Gasteiger partial charge is 0.492 e. The van der Waals surface area contributed by atoms with E-state index in [2.05, 4.69) is 25.7 Å². The number of carbonyl (C=O) groups excluding carboxylic acids is 2. The molecule has 174 valence electrons. The lowest BCUT2D eigenvalue weighted by Gasteiger charge is -2.17. The third-order valence-electron chi connectivity index (χ3n) is 4.67. The second-order valence-electron chi connectivity index (χ2n) is 7.46. The summed E-state index contributed by atoms with van der Waals surface area (Å²) in [6, 6.07) is 7.75. The fourth-order valence-electron chi connectivity index (χ4n) is 2.83. The number of aromatic nitrogens is 4. The number of nitrogen functional groups attached to an aromatic ring is 1. The van der Waals surface area contributed by atoms with Gasteiger partial charge in [0.25, 0.3) is 0 Å². The number of amides is 2. The zero-order chi connectivity index (χ0) is 23.6. The first kappa shape index (κ1) is 23.5. The second kappa shape index (κ2) is 11.5. The predicted octanol–water partition coefficient (Wildman–Crippen LogP) is 1.54. The average Bonchev–Trinajstić information content (AvgIpc) is 3.21. The number of nitrogens with one attached hydrogen (secondary N) is 2. The SMILES string of the molecule is Cc1ccc(OCCN(C)C(=O)Cn2cc(NC(=O)CCNc3cncc(N)n3)cn2)cc1. The molecule has 2 heterocycles. The minimum atomic E-state index is -0.199. The maximum atomic E-state index is 12.4. The van der Waals surface area contributed by atoms with Gasteiger partial charge in [-0.05, 0) is 19.1 Å². The summed E-state index contributed by atoms with van der Waals surface area (Å²) in [6.45, 7) is 3.28. The van der Waals surface area contributed by atoms with Crippen molar-refractivity contribution in [3.05, 3.63) is 54.6 Å². The van der Waals surface area contributed by atoms with Crippen molar-refractivity contribution in [2.24, 2.45) is 0 Å². The molecule has 2 aromatic heterocycles. The third-order valence-corrected chi connectivity index (χ3v) is 4.67. The Morgan fingerprint density at radius 2 is 1.97 bits per heavy atom. The molecule has 0 saturated heterocycles. The molecule has 4 N–H and O–H groups in total. The summed E-state index contributed by atoms with van der Waals surface area (Å²) in [5.74, 6) is 1.26. The van der Waals surface area contributed by atoms with Crippen LogP contribution in [-0.4, -0.2) is 63.2 Å². The van der Waals surface area contributed by atoms with Gasteiger partial charge in [-0.2, -0.15) is 5.10 Å². The summed E-state index contributed by atoms with van der Waals surface area (Å²) >= 11 is 0. The van der Waals surface area contributed by atoms with Crippen LogP contribution in [0.4, 0.5) is 17.3 Å². The van der Waals surface area contributed by atoms with Crippen LogP contribution in [0.15, 0.2) is 49.1 Å². The Morgan fingerprint density at radius 3 is 2.73 bits per heavy atom. The Morgan fingerprint density at radius 1 is 1.18 bits per heavy atom. The molecule has 0 unspecified atom stereocenters. The van der Waals surface area contributed by atoms with Crippen molar-refractivity contribution in [3.8, 4) is 5.75 Å². The van der Waals surface area contributed by atoms with Gasteiger partial charge in [0.05, 0.1) is 30.8 Å². The summed E-state index contributed by atoms with van der Waals surface area (Å²) in [4.78, 5) is 34.1. The molecule has 0 spiro atoms. The molecule has 11 nitrogen and oxygen atoms in total. The van der Waals surface area contributed by atoms with Crippen LogP contribution in [0.25, 0.3) is 0 Å². The first-order valence-electron chi connectivity index (χ1n) is 10.5. The first-order valence-corrected chi connectivity index (χ1v) is 10.5. The second-order valence-corrected chi connectivity index (χ2v) is 7.46. The summed E-state index contributed by atoms with van der Waals surface area (Å²) in [6.07, 6.45) is 6.30. The Balaban J connectivity index is 1.36. The van der Waals surface area contributed by atoms with E-state index in [1.807, 2.05) is 31.2 Å². The van der Waals surface area contributed by atoms with Gasteiger partial charge in [0.15, 0.2) is 0 Å². The van der Waals surface area contributed by atoms with Crippen LogP contribution in [0.2, 0.25) is 0 Å². The number of benzene rings is 1. The highest BCUT2D eigenvalue weighted by Gasteiger charge is 2.12. The minimum absolute atomic E-state index is 0.0621. The van der Waals surface area contributed by atoms with E-state index < -0.39 is 0 Å². The van der Waals surface area contributed by atoms with Crippen molar-refractivity contribution < 1.29 is 14.3 Å². The maximum absolute atomic E-state index is 12.4. The molecule has 0 aliphatic heterocycles. The number of rotatable bonds is 11. The van der Waals surface area contributed by atoms with Gasteiger partial charge in [0.1, 0.15) is 30.5 Å². The van der Waals surface area contributed by atoms with E-state index in [9.17, 15) is 9.59 Å². The van der Waals surface area contributed by atoms with E-state index in [0.29, 0.717) is 37.0 Å². The molecule has 0 fully saturated rings. The highest BCUT2D eigenvalue weighted by atomic mass is 16.5. The first-order chi connectivity index (χ1) is 15.9. The predicted molar refractivity (Wildman–Crippen MR) is 125 cm³/mol. The number of hydrogen-bond acceptors (Lipinski definition) is 8. The fourth-order valence-corrected chi connectivity index (χ4v) is 2.83. The third kappa shape index (κ3) is 7.80. The topological polar surface area (TPSA) is 140 Å². The number of nitrogens with zero attached hydrogens (tertiary/aromatic N) is 5. The standard InChI is InChI=1S/C22H28N8O3/c1-16-3-5-18(6-4-16)33-10-9-29(2)22(32)15-30-14-17(11-26-30)27-21(31)7-8-25-20-13-24-12-19(23)28-20/h3-6,11-14H,7-10,15H2,1-2H3,(H,27,31)(H3,23,25,28). The van der Waals surface area contributed by atoms with Crippen LogP contribution in [0.1, 0.15) is 12.0 Å². The molecular formula is C22H28N8O3. The van der Waals surface area contributed by atoms with Crippen LogP contribution in [0.5, 0.6) is 5.75 Å². The van der Waals surface area contributed by atoms with Gasteiger partial charge in [0.2, 0.25) is 11.8 Å². The number of aryl methyl sites for hydroxylation is 1. The molecule has 2 amide bonds. The number of carbonyl (C=O) groups is 2. The lowest BCUT2D eigenvalue weighted by Crippen LogP contribution is -2.33. The highest BCUT2D eigenvalue weighted by Crippen LogP contribution is 2.11. The highest BCUT2D eigenvalue weighted by molar-refractivity contribution is 5.90. The molecule has 3 aromatic rings. The monoisotopic (exact) mass is 452 g/mol. The average molecular weight is 453 g/mol. The van der Waals surface area contributed by atoms with Crippen molar-refractivity contribution >= 4 is 29.1 Å². The molecule has 3 rings (SSSR count). The van der Waals surface area contributed by atoms with Crippen LogP contribution >= 0.6 is 0 Å². The molecule has 0 aliphatic rings. The molecule has 11 heteroatoms. The van der Waals surface area contributed by atoms with Gasteiger partial charge < -0.3 is 26.0 Å². The molecule has 1 aromatic carbocycles. The summed E-state index contributed by atoms with van der Waals surface area (Å²) in [5.41, 5.74) is 7.24. The maximum Gasteiger partial charge on any atom is 0.244 e. The normalized spacial score (nSPS) is 10.5. The zero-order valence-corrected chi connectivity index (χ0v) is 18.7. The molecule has 0 atom stereocenters. The van der Waals surface area contributed by atoms with Crippen molar-refractivity contribution in [1.29, 1.82) is 0 Å². The van der Waals surface area contributed by atoms with E-state index in [-0.39, 0.29) is 24.8 Å². The smallest absolute Gasteiger partial charge is 0.244 e. The zero-order valence-electron chi connectivity index (χ0n) is 18.7. The van der Waals surface area contributed by atoms with Crippen LogP contribution < -0.4 is 21.1 Å². The van der Waals surface area contributed by atoms with Crippen molar-refractivity contribution in [2.75, 3.05) is 43.1 Å². The Hall–Kier alpha value is -4.15. The van der Waals surface area contributed by atoms with E-state index in [0.717, 1.165) is 11.3 Å². The number of ether oxygens (including phenoxy) is 1. The number of anilines is 3. The van der Waals surface area contributed by atoms with Gasteiger partial charge in [-0.1, -0.05) is 17.7 Å². The van der Waals surface area contributed by atoms with Crippen LogP contribution in [-0.2, 0) is 16.1 Å². The van der Waals surface area contributed by atoms with E-state index in [4.69, 9.17) is 10.5 Å². The number of hydrogen-bond donors (Lipinski definition) is 3. The number of likely N-dealkylation sites (N-methyl/N-ethyl adjacent to an activating group) is 1. The fraction of sp³-hybridized carbons (Fsp3) is 0.318. The van der Waals surface area contributed by atoms with Gasteiger partial charge >= 0.3 is 0 Å². The van der Waals surface area contributed by atoms with Crippen LogP contribution in [0, 0.1) is 6.92 Å². The van der Waals surface area contributed by atoms with Gasteiger partial charge in [-0.25, -0.2) is 4.98 Å². The molecule has 0 bridgehead atoms. The van der Waals surface area contributed by atoms with Crippen LogP contribution in [0.3, 0.4) is 0 Å². The van der Waals surface area contributed by atoms with E-state index in [1.54, 1.807) is 18.1 Å². The van der Waals surface area contributed by atoms with Crippen molar-refractivity contribution in [2.45, 2.75) is 19.9 Å². The minimum Gasteiger partial charge on any atom is -0.492 e.